The van der Waals surface area contributed by atoms with Crippen molar-refractivity contribution < 1.29 is 13.5 Å². The molecule has 0 heterocycles. The highest BCUT2D eigenvalue weighted by atomic mass is 19.2. The smallest absolute Gasteiger partial charge is 0.159 e. The van der Waals surface area contributed by atoms with Gasteiger partial charge in [-0.3, -0.25) is 0 Å². The molecule has 0 aliphatic heterocycles. The molecule has 19 heavy (non-hydrogen) atoms. The fourth-order valence-corrected chi connectivity index (χ4v) is 2.20. The summed E-state index contributed by atoms with van der Waals surface area (Å²) < 4.78 is 32.2. The van der Waals surface area contributed by atoms with Crippen molar-refractivity contribution in [2.45, 2.75) is 45.8 Å². The van der Waals surface area contributed by atoms with Crippen molar-refractivity contribution in [2.24, 2.45) is 0 Å². The minimum absolute atomic E-state index is 0.178. The Morgan fingerprint density at radius 3 is 2.42 bits per heavy atom. The summed E-state index contributed by atoms with van der Waals surface area (Å²) in [5, 5.41) is 3.34. The first-order valence-electron chi connectivity index (χ1n) is 6.74. The van der Waals surface area contributed by atoms with Crippen LogP contribution in [0.4, 0.5) is 8.78 Å². The molecule has 0 amide bonds. The molecule has 0 saturated heterocycles. The van der Waals surface area contributed by atoms with Gasteiger partial charge in [-0.1, -0.05) is 13.0 Å². The molecule has 1 aromatic carbocycles. The summed E-state index contributed by atoms with van der Waals surface area (Å²) in [5.41, 5.74) is 0.208. The summed E-state index contributed by atoms with van der Waals surface area (Å²) in [6, 6.07) is 3.82. The predicted molar refractivity (Wildman–Crippen MR) is 73.1 cm³/mol. The zero-order chi connectivity index (χ0) is 14.5. The highest BCUT2D eigenvalue weighted by Crippen LogP contribution is 2.29. The van der Waals surface area contributed by atoms with Gasteiger partial charge in [0.05, 0.1) is 11.6 Å². The van der Waals surface area contributed by atoms with E-state index in [2.05, 4.69) is 12.2 Å². The van der Waals surface area contributed by atoms with Gasteiger partial charge in [-0.15, -0.1) is 0 Å². The molecule has 1 N–H and O–H groups in total. The Kier molecular flexibility index (Phi) is 5.88. The van der Waals surface area contributed by atoms with E-state index >= 15 is 0 Å². The normalized spacial score (nSPS) is 13.6. The van der Waals surface area contributed by atoms with Crippen molar-refractivity contribution in [1.29, 1.82) is 0 Å². The first-order valence-corrected chi connectivity index (χ1v) is 6.74. The van der Waals surface area contributed by atoms with Crippen LogP contribution in [-0.2, 0) is 4.74 Å². The van der Waals surface area contributed by atoms with Crippen LogP contribution >= 0.6 is 0 Å². The Morgan fingerprint density at radius 2 is 1.89 bits per heavy atom. The molecule has 2 nitrogen and oxygen atoms in total. The lowest BCUT2D eigenvalue weighted by molar-refractivity contribution is -0.0392. The molecule has 1 atom stereocenters. The maximum atomic E-state index is 13.4. The largest absolute Gasteiger partial charge is 0.374 e. The molecule has 1 unspecified atom stereocenters. The number of nitrogens with one attached hydrogen (secondary N) is 1. The third-order valence-corrected chi connectivity index (χ3v) is 3.09. The Morgan fingerprint density at radius 1 is 1.21 bits per heavy atom. The quantitative estimate of drug-likeness (QED) is 0.814. The minimum Gasteiger partial charge on any atom is -0.374 e. The molecule has 0 bridgehead atoms. The topological polar surface area (TPSA) is 21.3 Å². The van der Waals surface area contributed by atoms with Gasteiger partial charge in [0.1, 0.15) is 0 Å². The third-order valence-electron chi connectivity index (χ3n) is 3.09. The van der Waals surface area contributed by atoms with Crippen molar-refractivity contribution >= 4 is 0 Å². The first kappa shape index (κ1) is 16.1. The summed E-state index contributed by atoms with van der Waals surface area (Å²) in [5.74, 6) is -1.65. The molecule has 0 aliphatic carbocycles. The first-order chi connectivity index (χ1) is 8.92. The van der Waals surface area contributed by atoms with E-state index in [1.54, 1.807) is 6.07 Å². The van der Waals surface area contributed by atoms with E-state index in [1.807, 2.05) is 20.8 Å². The summed E-state index contributed by atoms with van der Waals surface area (Å²) >= 11 is 0. The molecule has 108 valence electrons. The number of benzene rings is 1. The number of halogens is 2. The molecule has 0 aliphatic rings. The molecule has 0 radical (unpaired) electrons. The van der Waals surface area contributed by atoms with Gasteiger partial charge in [0.25, 0.3) is 0 Å². The number of hydrogen-bond donors (Lipinski definition) is 1. The highest BCUT2D eigenvalue weighted by molar-refractivity contribution is 5.23. The summed E-state index contributed by atoms with van der Waals surface area (Å²) in [7, 11) is 0. The van der Waals surface area contributed by atoms with Crippen LogP contribution < -0.4 is 5.32 Å². The fraction of sp³-hybridized carbons (Fsp3) is 0.600. The van der Waals surface area contributed by atoms with Gasteiger partial charge in [-0.05, 0) is 51.4 Å². The van der Waals surface area contributed by atoms with Crippen molar-refractivity contribution in [3.63, 3.8) is 0 Å². The van der Waals surface area contributed by atoms with Gasteiger partial charge in [-0.2, -0.15) is 0 Å². The second-order valence-electron chi connectivity index (χ2n) is 5.10. The standard InChI is InChI=1S/C15H23F2NO/c1-5-9-18-14(15(3,4)19-6-2)11-7-8-12(16)13(17)10-11/h7-8,10,14,18H,5-6,9H2,1-4H3. The van der Waals surface area contributed by atoms with Crippen LogP contribution in [0.5, 0.6) is 0 Å². The number of ether oxygens (including phenoxy) is 1. The Balaban J connectivity index is 3.04. The fourth-order valence-electron chi connectivity index (χ4n) is 2.20. The van der Waals surface area contributed by atoms with Crippen molar-refractivity contribution in [2.75, 3.05) is 13.2 Å². The predicted octanol–water partition coefficient (Wildman–Crippen LogP) is 3.82. The third kappa shape index (κ3) is 4.25. The Bertz CT molecular complexity index is 407. The highest BCUT2D eigenvalue weighted by Gasteiger charge is 2.31. The average molecular weight is 271 g/mol. The van der Waals surface area contributed by atoms with Gasteiger partial charge in [-0.25, -0.2) is 8.78 Å². The molecular weight excluding hydrogens is 248 g/mol. The lowest BCUT2D eigenvalue weighted by Gasteiger charge is -2.35. The van der Waals surface area contributed by atoms with Crippen LogP contribution in [0, 0.1) is 11.6 Å². The molecule has 0 spiro atoms. The van der Waals surface area contributed by atoms with Crippen molar-refractivity contribution in [3.8, 4) is 0 Å². The van der Waals surface area contributed by atoms with E-state index in [4.69, 9.17) is 4.74 Å². The summed E-state index contributed by atoms with van der Waals surface area (Å²) in [4.78, 5) is 0. The molecule has 1 aromatic rings. The number of rotatable bonds is 7. The molecule has 4 heteroatoms. The van der Waals surface area contributed by atoms with Crippen LogP contribution in [0.1, 0.15) is 45.7 Å². The van der Waals surface area contributed by atoms with Crippen LogP contribution in [0.15, 0.2) is 18.2 Å². The average Bonchev–Trinajstić information content (AvgIpc) is 2.33. The van der Waals surface area contributed by atoms with Crippen LogP contribution in [0.2, 0.25) is 0 Å². The van der Waals surface area contributed by atoms with Crippen LogP contribution in [0.25, 0.3) is 0 Å². The summed E-state index contributed by atoms with van der Waals surface area (Å²) in [6.45, 7) is 9.24. The van der Waals surface area contributed by atoms with Gasteiger partial charge >= 0.3 is 0 Å². The Hall–Kier alpha value is -1.00. The molecular formula is C15H23F2NO. The second-order valence-corrected chi connectivity index (χ2v) is 5.10. The second kappa shape index (κ2) is 6.96. The monoisotopic (exact) mass is 271 g/mol. The van der Waals surface area contributed by atoms with Crippen LogP contribution in [-0.4, -0.2) is 18.8 Å². The van der Waals surface area contributed by atoms with E-state index in [0.29, 0.717) is 12.2 Å². The minimum atomic E-state index is -0.827. The van der Waals surface area contributed by atoms with Gasteiger partial charge in [0.15, 0.2) is 11.6 Å². The van der Waals surface area contributed by atoms with E-state index in [-0.39, 0.29) is 6.04 Å². The molecule has 0 saturated carbocycles. The zero-order valence-corrected chi connectivity index (χ0v) is 12.1. The van der Waals surface area contributed by atoms with Crippen molar-refractivity contribution in [1.82, 2.24) is 5.32 Å². The van der Waals surface area contributed by atoms with E-state index < -0.39 is 17.2 Å². The van der Waals surface area contributed by atoms with Gasteiger partial charge < -0.3 is 10.1 Å². The van der Waals surface area contributed by atoms with Crippen LogP contribution in [0.3, 0.4) is 0 Å². The van der Waals surface area contributed by atoms with Crippen molar-refractivity contribution in [3.05, 3.63) is 35.4 Å². The van der Waals surface area contributed by atoms with Gasteiger partial charge in [0.2, 0.25) is 0 Å². The van der Waals surface area contributed by atoms with E-state index in [1.165, 1.54) is 6.07 Å². The molecule has 0 fully saturated rings. The maximum absolute atomic E-state index is 13.4. The van der Waals surface area contributed by atoms with Gasteiger partial charge in [0, 0.05) is 6.61 Å². The lowest BCUT2D eigenvalue weighted by atomic mass is 9.91. The molecule has 0 aromatic heterocycles. The van der Waals surface area contributed by atoms with E-state index in [0.717, 1.165) is 19.0 Å². The molecule has 1 rings (SSSR count). The Labute approximate surface area is 114 Å². The van der Waals surface area contributed by atoms with E-state index in [9.17, 15) is 8.78 Å². The zero-order valence-electron chi connectivity index (χ0n) is 12.1. The SMILES string of the molecule is CCCNC(c1ccc(F)c(F)c1)C(C)(C)OCC. The lowest BCUT2D eigenvalue weighted by Crippen LogP contribution is -2.42. The number of hydrogen-bond acceptors (Lipinski definition) is 2. The summed E-state index contributed by atoms with van der Waals surface area (Å²) in [6.07, 6.45) is 0.961. The maximum Gasteiger partial charge on any atom is 0.159 e.